The lowest BCUT2D eigenvalue weighted by atomic mass is 10.2. The second-order valence-electron chi connectivity index (χ2n) is 5.59. The first-order chi connectivity index (χ1) is 9.13. The first kappa shape index (κ1) is 15.9. The van der Waals surface area contributed by atoms with Crippen molar-refractivity contribution in [2.24, 2.45) is 0 Å². The molecule has 0 unspecified atom stereocenters. The van der Waals surface area contributed by atoms with E-state index in [1.807, 2.05) is 0 Å². The van der Waals surface area contributed by atoms with Gasteiger partial charge in [-0.05, 0) is 38.5 Å². The Kier molecular flexibility index (Phi) is 4.31. The molecule has 20 heavy (non-hydrogen) atoms. The Bertz CT molecular complexity index is 630. The SMILES string of the molecule is Cc1cc(Cl)c(N)cc1S(=O)(=O)N1CCSC(C)(C)C1. The lowest BCUT2D eigenvalue weighted by Crippen LogP contribution is -2.46. The first-order valence-electron chi connectivity index (χ1n) is 6.33. The van der Waals surface area contributed by atoms with E-state index in [-0.39, 0.29) is 9.64 Å². The number of hydrogen-bond acceptors (Lipinski definition) is 4. The van der Waals surface area contributed by atoms with Crippen LogP contribution in [0.3, 0.4) is 0 Å². The number of aryl methyl sites for hydroxylation is 1. The maximum absolute atomic E-state index is 12.8. The average Bonchev–Trinajstić information content (AvgIpc) is 2.32. The van der Waals surface area contributed by atoms with Gasteiger partial charge in [0.25, 0.3) is 0 Å². The number of thioether (sulfide) groups is 1. The van der Waals surface area contributed by atoms with Crippen molar-refractivity contribution >= 4 is 39.1 Å². The number of halogens is 1. The number of sulfonamides is 1. The van der Waals surface area contributed by atoms with E-state index in [9.17, 15) is 8.42 Å². The van der Waals surface area contributed by atoms with Crippen LogP contribution in [0.2, 0.25) is 5.02 Å². The topological polar surface area (TPSA) is 63.4 Å². The van der Waals surface area contributed by atoms with Gasteiger partial charge in [0, 0.05) is 23.6 Å². The molecule has 1 aliphatic heterocycles. The molecule has 0 aliphatic carbocycles. The van der Waals surface area contributed by atoms with Gasteiger partial charge in [-0.3, -0.25) is 0 Å². The molecule has 112 valence electrons. The highest BCUT2D eigenvalue weighted by Gasteiger charge is 2.35. The van der Waals surface area contributed by atoms with E-state index in [0.717, 1.165) is 5.75 Å². The number of hydrogen-bond donors (Lipinski definition) is 1. The quantitative estimate of drug-likeness (QED) is 0.845. The number of nitrogens with zero attached hydrogens (tertiary/aromatic N) is 1. The molecule has 1 saturated heterocycles. The molecule has 2 N–H and O–H groups in total. The maximum atomic E-state index is 12.8. The highest BCUT2D eigenvalue weighted by Crippen LogP contribution is 2.34. The number of rotatable bonds is 2. The van der Waals surface area contributed by atoms with Gasteiger partial charge in [-0.25, -0.2) is 8.42 Å². The number of benzene rings is 1. The highest BCUT2D eigenvalue weighted by molar-refractivity contribution is 8.00. The minimum atomic E-state index is -3.52. The molecule has 0 bridgehead atoms. The Morgan fingerprint density at radius 2 is 2.05 bits per heavy atom. The second-order valence-corrected chi connectivity index (χ2v) is 9.70. The molecule has 2 rings (SSSR count). The Morgan fingerprint density at radius 3 is 2.65 bits per heavy atom. The predicted molar refractivity (Wildman–Crippen MR) is 85.9 cm³/mol. The van der Waals surface area contributed by atoms with E-state index in [1.165, 1.54) is 6.07 Å². The van der Waals surface area contributed by atoms with Crippen molar-refractivity contribution in [3.8, 4) is 0 Å². The van der Waals surface area contributed by atoms with Crippen LogP contribution in [0.5, 0.6) is 0 Å². The zero-order chi connectivity index (χ0) is 15.1. The fraction of sp³-hybridized carbons (Fsp3) is 0.538. The summed E-state index contributed by atoms with van der Waals surface area (Å²) in [5, 5.41) is 0.385. The minimum Gasteiger partial charge on any atom is -0.397 e. The van der Waals surface area contributed by atoms with E-state index < -0.39 is 10.0 Å². The smallest absolute Gasteiger partial charge is 0.243 e. The van der Waals surface area contributed by atoms with Crippen molar-refractivity contribution in [2.75, 3.05) is 24.6 Å². The molecule has 0 aromatic heterocycles. The molecule has 7 heteroatoms. The van der Waals surface area contributed by atoms with Crippen LogP contribution in [0, 0.1) is 6.92 Å². The fourth-order valence-electron chi connectivity index (χ4n) is 2.26. The largest absolute Gasteiger partial charge is 0.397 e. The van der Waals surface area contributed by atoms with Gasteiger partial charge in [0.15, 0.2) is 0 Å². The van der Waals surface area contributed by atoms with Crippen molar-refractivity contribution in [2.45, 2.75) is 30.4 Å². The average molecular weight is 335 g/mol. The van der Waals surface area contributed by atoms with Gasteiger partial charge >= 0.3 is 0 Å². The second kappa shape index (κ2) is 5.40. The highest BCUT2D eigenvalue weighted by atomic mass is 35.5. The van der Waals surface area contributed by atoms with Crippen LogP contribution in [-0.2, 0) is 10.0 Å². The Labute approximate surface area is 129 Å². The van der Waals surface area contributed by atoms with Crippen molar-refractivity contribution in [1.82, 2.24) is 4.31 Å². The summed E-state index contributed by atoms with van der Waals surface area (Å²) in [6.07, 6.45) is 0. The van der Waals surface area contributed by atoms with Crippen LogP contribution in [0.25, 0.3) is 0 Å². The molecule has 0 saturated carbocycles. The molecular weight excluding hydrogens is 316 g/mol. The van der Waals surface area contributed by atoms with E-state index in [2.05, 4.69) is 13.8 Å². The van der Waals surface area contributed by atoms with Crippen LogP contribution in [0.1, 0.15) is 19.4 Å². The van der Waals surface area contributed by atoms with Crippen LogP contribution in [0.15, 0.2) is 17.0 Å². The molecule has 1 aromatic carbocycles. The summed E-state index contributed by atoms with van der Waals surface area (Å²) in [7, 11) is -3.52. The van der Waals surface area contributed by atoms with E-state index in [1.54, 1.807) is 29.1 Å². The normalized spacial score (nSPS) is 20.0. The maximum Gasteiger partial charge on any atom is 0.243 e. The van der Waals surface area contributed by atoms with Crippen LogP contribution >= 0.6 is 23.4 Å². The van der Waals surface area contributed by atoms with Crippen molar-refractivity contribution < 1.29 is 8.42 Å². The lowest BCUT2D eigenvalue weighted by Gasteiger charge is -2.36. The molecule has 0 atom stereocenters. The van der Waals surface area contributed by atoms with Crippen LogP contribution < -0.4 is 5.73 Å². The number of nitrogens with two attached hydrogens (primary N) is 1. The van der Waals surface area contributed by atoms with Gasteiger partial charge in [0.05, 0.1) is 15.6 Å². The van der Waals surface area contributed by atoms with Gasteiger partial charge in [-0.2, -0.15) is 16.1 Å². The van der Waals surface area contributed by atoms with Gasteiger partial charge in [0.2, 0.25) is 10.0 Å². The van der Waals surface area contributed by atoms with Crippen LogP contribution in [0.4, 0.5) is 5.69 Å². The molecule has 1 heterocycles. The van der Waals surface area contributed by atoms with Crippen molar-refractivity contribution in [3.63, 3.8) is 0 Å². The molecule has 4 nitrogen and oxygen atoms in total. The van der Waals surface area contributed by atoms with Crippen LogP contribution in [-0.4, -0.2) is 36.3 Å². The molecule has 0 spiro atoms. The zero-order valence-electron chi connectivity index (χ0n) is 11.8. The molecular formula is C13H19ClN2O2S2. The molecule has 1 fully saturated rings. The minimum absolute atomic E-state index is 0.0722. The van der Waals surface area contributed by atoms with Crippen molar-refractivity contribution in [3.05, 3.63) is 22.7 Å². The molecule has 0 radical (unpaired) electrons. The number of anilines is 1. The molecule has 0 amide bonds. The molecule has 1 aliphatic rings. The predicted octanol–water partition coefficient (Wildman–Crippen LogP) is 2.75. The van der Waals surface area contributed by atoms with E-state index in [0.29, 0.717) is 29.4 Å². The summed E-state index contributed by atoms with van der Waals surface area (Å²) in [5.74, 6) is 0.800. The summed E-state index contributed by atoms with van der Waals surface area (Å²) >= 11 is 7.72. The lowest BCUT2D eigenvalue weighted by molar-refractivity contribution is 0.387. The fourth-order valence-corrected chi connectivity index (χ4v) is 5.63. The van der Waals surface area contributed by atoms with E-state index in [4.69, 9.17) is 17.3 Å². The summed E-state index contributed by atoms with van der Waals surface area (Å²) in [6.45, 7) is 6.88. The van der Waals surface area contributed by atoms with E-state index >= 15 is 0 Å². The van der Waals surface area contributed by atoms with Gasteiger partial charge < -0.3 is 5.73 Å². The third kappa shape index (κ3) is 3.08. The monoisotopic (exact) mass is 334 g/mol. The van der Waals surface area contributed by atoms with Gasteiger partial charge in [0.1, 0.15) is 0 Å². The van der Waals surface area contributed by atoms with Gasteiger partial charge in [-0.1, -0.05) is 11.6 Å². The Hall–Kier alpha value is -0.430. The summed E-state index contributed by atoms with van der Waals surface area (Å²) in [4.78, 5) is 0.252. The third-order valence-electron chi connectivity index (χ3n) is 3.30. The van der Waals surface area contributed by atoms with Crippen molar-refractivity contribution in [1.29, 1.82) is 0 Å². The Morgan fingerprint density at radius 1 is 1.40 bits per heavy atom. The summed E-state index contributed by atoms with van der Waals surface area (Å²) < 4.78 is 27.0. The Balaban J connectivity index is 2.43. The van der Waals surface area contributed by atoms with Gasteiger partial charge in [-0.15, -0.1) is 0 Å². The number of nitrogen functional groups attached to an aromatic ring is 1. The zero-order valence-corrected chi connectivity index (χ0v) is 14.2. The third-order valence-corrected chi connectivity index (χ3v) is 6.91. The summed E-state index contributed by atoms with van der Waals surface area (Å²) in [5.41, 5.74) is 6.67. The first-order valence-corrected chi connectivity index (χ1v) is 9.13. The standard InChI is InChI=1S/C13H19ClN2O2S2/c1-9-6-10(14)11(15)7-12(9)20(17,18)16-4-5-19-13(2,3)8-16/h6-7H,4-5,8,15H2,1-3H3. The molecule has 1 aromatic rings. The summed E-state index contributed by atoms with van der Waals surface area (Å²) in [6, 6.07) is 3.06.